The van der Waals surface area contributed by atoms with Gasteiger partial charge < -0.3 is 15.7 Å². The first-order valence-corrected chi connectivity index (χ1v) is 7.11. The number of nitrogens with two attached hydrogens (primary N) is 1. The molecule has 0 aromatic heterocycles. The molecule has 0 aromatic carbocycles. The van der Waals surface area contributed by atoms with E-state index < -0.39 is 5.54 Å². The fourth-order valence-corrected chi connectivity index (χ4v) is 2.91. The zero-order valence-corrected chi connectivity index (χ0v) is 12.0. The molecule has 0 saturated heterocycles. The molecule has 1 saturated carbocycles. The number of carbonyl (C=O) groups excluding carboxylic acids is 1. The molecule has 0 aliphatic heterocycles. The van der Waals surface area contributed by atoms with E-state index >= 15 is 0 Å². The van der Waals surface area contributed by atoms with E-state index in [1.54, 1.807) is 0 Å². The summed E-state index contributed by atoms with van der Waals surface area (Å²) < 4.78 is 0. The quantitative estimate of drug-likeness (QED) is 0.783. The van der Waals surface area contributed by atoms with Crippen molar-refractivity contribution >= 4 is 5.91 Å². The number of hydrogen-bond donors (Lipinski definition) is 2. The van der Waals surface area contributed by atoms with Crippen LogP contribution in [-0.2, 0) is 4.79 Å². The highest BCUT2D eigenvalue weighted by atomic mass is 16.3. The second-order valence-corrected chi connectivity index (χ2v) is 6.03. The Morgan fingerprint density at radius 2 is 2.22 bits per heavy atom. The van der Waals surface area contributed by atoms with Crippen LogP contribution in [0.4, 0.5) is 0 Å². The standard InChI is InChI=1S/C14H28N2O2/c1-11(2)16(8-5-9-17)13(18)14(15)7-4-6-12(3)10-14/h11-12,17H,4-10,15H2,1-3H3. The molecule has 2 atom stereocenters. The van der Waals surface area contributed by atoms with Crippen LogP contribution in [0.25, 0.3) is 0 Å². The van der Waals surface area contributed by atoms with Gasteiger partial charge in [0.1, 0.15) is 0 Å². The second-order valence-electron chi connectivity index (χ2n) is 6.03. The SMILES string of the molecule is CC1CCCC(N)(C(=O)N(CCCO)C(C)C)C1. The normalized spacial score (nSPS) is 28.4. The largest absolute Gasteiger partial charge is 0.396 e. The number of aliphatic hydroxyl groups excluding tert-OH is 1. The molecule has 18 heavy (non-hydrogen) atoms. The van der Waals surface area contributed by atoms with Crippen LogP contribution < -0.4 is 5.73 Å². The Kier molecular flexibility index (Phi) is 5.60. The molecule has 0 radical (unpaired) electrons. The van der Waals surface area contributed by atoms with Crippen molar-refractivity contribution in [2.24, 2.45) is 11.7 Å². The van der Waals surface area contributed by atoms with Gasteiger partial charge in [0.05, 0.1) is 5.54 Å². The maximum Gasteiger partial charge on any atom is 0.242 e. The van der Waals surface area contributed by atoms with Crippen molar-refractivity contribution in [1.29, 1.82) is 0 Å². The van der Waals surface area contributed by atoms with E-state index in [0.717, 1.165) is 19.3 Å². The van der Waals surface area contributed by atoms with Crippen LogP contribution in [0.1, 0.15) is 52.9 Å². The van der Waals surface area contributed by atoms with Gasteiger partial charge in [-0.1, -0.05) is 19.8 Å². The summed E-state index contributed by atoms with van der Waals surface area (Å²) in [5, 5.41) is 8.93. The van der Waals surface area contributed by atoms with Crippen LogP contribution in [0.15, 0.2) is 0 Å². The van der Waals surface area contributed by atoms with Gasteiger partial charge in [0, 0.05) is 19.2 Å². The van der Waals surface area contributed by atoms with Crippen molar-refractivity contribution in [2.75, 3.05) is 13.2 Å². The maximum absolute atomic E-state index is 12.6. The summed E-state index contributed by atoms with van der Waals surface area (Å²) in [4.78, 5) is 14.5. The Hall–Kier alpha value is -0.610. The summed E-state index contributed by atoms with van der Waals surface area (Å²) in [7, 11) is 0. The zero-order valence-electron chi connectivity index (χ0n) is 12.0. The summed E-state index contributed by atoms with van der Waals surface area (Å²) in [6.07, 6.45) is 4.40. The molecule has 0 bridgehead atoms. The first kappa shape index (κ1) is 15.4. The van der Waals surface area contributed by atoms with Gasteiger partial charge in [0.2, 0.25) is 5.91 Å². The molecule has 1 amide bonds. The number of rotatable bonds is 5. The van der Waals surface area contributed by atoms with Crippen LogP contribution >= 0.6 is 0 Å². The number of aliphatic hydroxyl groups is 1. The molecule has 2 unspecified atom stereocenters. The number of hydrogen-bond acceptors (Lipinski definition) is 3. The first-order chi connectivity index (χ1) is 8.40. The van der Waals surface area contributed by atoms with Crippen molar-refractivity contribution in [3.05, 3.63) is 0 Å². The topological polar surface area (TPSA) is 66.6 Å². The van der Waals surface area contributed by atoms with Gasteiger partial charge in [-0.15, -0.1) is 0 Å². The van der Waals surface area contributed by atoms with Gasteiger partial charge in [0.25, 0.3) is 0 Å². The molecule has 0 aromatic rings. The highest BCUT2D eigenvalue weighted by Crippen LogP contribution is 2.32. The highest BCUT2D eigenvalue weighted by molar-refractivity contribution is 5.86. The lowest BCUT2D eigenvalue weighted by molar-refractivity contribution is -0.140. The summed E-state index contributed by atoms with van der Waals surface area (Å²) in [5.41, 5.74) is 5.67. The summed E-state index contributed by atoms with van der Waals surface area (Å²) in [6, 6.07) is 0.140. The third kappa shape index (κ3) is 3.69. The summed E-state index contributed by atoms with van der Waals surface area (Å²) in [6.45, 7) is 6.89. The van der Waals surface area contributed by atoms with Crippen molar-refractivity contribution in [2.45, 2.75) is 64.5 Å². The molecule has 0 heterocycles. The summed E-state index contributed by atoms with van der Waals surface area (Å²) >= 11 is 0. The predicted octanol–water partition coefficient (Wildman–Crippen LogP) is 1.51. The van der Waals surface area contributed by atoms with Crippen molar-refractivity contribution < 1.29 is 9.90 Å². The van der Waals surface area contributed by atoms with Gasteiger partial charge in [-0.3, -0.25) is 4.79 Å². The van der Waals surface area contributed by atoms with Crippen LogP contribution in [0.2, 0.25) is 0 Å². The highest BCUT2D eigenvalue weighted by Gasteiger charge is 2.40. The fraction of sp³-hybridized carbons (Fsp3) is 0.929. The molecular formula is C14H28N2O2. The molecule has 1 fully saturated rings. The molecule has 106 valence electrons. The average Bonchev–Trinajstić information content (AvgIpc) is 2.28. The van der Waals surface area contributed by atoms with Gasteiger partial charge in [-0.25, -0.2) is 0 Å². The Morgan fingerprint density at radius 3 is 2.72 bits per heavy atom. The van der Waals surface area contributed by atoms with Crippen LogP contribution in [0.3, 0.4) is 0 Å². The lowest BCUT2D eigenvalue weighted by Gasteiger charge is -2.40. The van der Waals surface area contributed by atoms with Crippen LogP contribution in [0.5, 0.6) is 0 Å². The second kappa shape index (κ2) is 6.53. The Bertz CT molecular complexity index is 281. The smallest absolute Gasteiger partial charge is 0.242 e. The van der Waals surface area contributed by atoms with E-state index in [9.17, 15) is 4.79 Å². The third-order valence-electron chi connectivity index (χ3n) is 3.90. The molecule has 4 nitrogen and oxygen atoms in total. The van der Waals surface area contributed by atoms with Crippen molar-refractivity contribution in [1.82, 2.24) is 4.90 Å². The monoisotopic (exact) mass is 256 g/mol. The molecular weight excluding hydrogens is 228 g/mol. The summed E-state index contributed by atoms with van der Waals surface area (Å²) in [5.74, 6) is 0.594. The van der Waals surface area contributed by atoms with E-state index in [0.29, 0.717) is 18.9 Å². The molecule has 1 aliphatic rings. The van der Waals surface area contributed by atoms with E-state index in [4.69, 9.17) is 10.8 Å². The van der Waals surface area contributed by atoms with Gasteiger partial charge in [0.15, 0.2) is 0 Å². The molecule has 0 spiro atoms. The number of nitrogens with zero attached hydrogens (tertiary/aromatic N) is 1. The van der Waals surface area contributed by atoms with Gasteiger partial charge in [-0.2, -0.15) is 0 Å². The van der Waals surface area contributed by atoms with Crippen LogP contribution in [0, 0.1) is 5.92 Å². The number of amides is 1. The van der Waals surface area contributed by atoms with Crippen LogP contribution in [-0.4, -0.2) is 40.6 Å². The van der Waals surface area contributed by atoms with Crippen molar-refractivity contribution in [3.8, 4) is 0 Å². The van der Waals surface area contributed by atoms with E-state index in [-0.39, 0.29) is 18.6 Å². The van der Waals surface area contributed by atoms with Gasteiger partial charge >= 0.3 is 0 Å². The Labute approximate surface area is 111 Å². The third-order valence-corrected chi connectivity index (χ3v) is 3.90. The minimum Gasteiger partial charge on any atom is -0.396 e. The lowest BCUT2D eigenvalue weighted by Crippen LogP contribution is -2.59. The fourth-order valence-electron chi connectivity index (χ4n) is 2.91. The Balaban J connectivity index is 2.74. The molecule has 4 heteroatoms. The first-order valence-electron chi connectivity index (χ1n) is 7.11. The Morgan fingerprint density at radius 1 is 1.56 bits per heavy atom. The zero-order chi connectivity index (χ0) is 13.8. The minimum atomic E-state index is -0.683. The van der Waals surface area contributed by atoms with Gasteiger partial charge in [-0.05, 0) is 39.0 Å². The van der Waals surface area contributed by atoms with E-state index in [1.165, 1.54) is 6.42 Å². The predicted molar refractivity (Wildman–Crippen MR) is 73.1 cm³/mol. The van der Waals surface area contributed by atoms with E-state index in [2.05, 4.69) is 6.92 Å². The molecule has 3 N–H and O–H groups in total. The lowest BCUT2D eigenvalue weighted by atomic mass is 9.76. The number of carbonyl (C=O) groups is 1. The van der Waals surface area contributed by atoms with Crippen molar-refractivity contribution in [3.63, 3.8) is 0 Å². The minimum absolute atomic E-state index is 0.0671. The molecule has 1 rings (SSSR count). The maximum atomic E-state index is 12.6. The molecule has 1 aliphatic carbocycles. The van der Waals surface area contributed by atoms with E-state index in [1.807, 2.05) is 18.7 Å². The average molecular weight is 256 g/mol.